The highest BCUT2D eigenvalue weighted by atomic mass is 16.1. The van der Waals surface area contributed by atoms with E-state index in [0.29, 0.717) is 29.6 Å². The predicted octanol–water partition coefficient (Wildman–Crippen LogP) is 1.46. The normalized spacial score (nSPS) is 29.0. The zero-order valence-electron chi connectivity index (χ0n) is 13.0. The van der Waals surface area contributed by atoms with Crippen molar-refractivity contribution in [1.29, 1.82) is 0 Å². The summed E-state index contributed by atoms with van der Waals surface area (Å²) in [4.78, 5) is 19.1. The van der Waals surface area contributed by atoms with E-state index in [4.69, 9.17) is 5.73 Å². The molecule has 2 aliphatic rings. The lowest BCUT2D eigenvalue weighted by atomic mass is 9.79. The fraction of sp³-hybridized carbons (Fsp3) is 0.750. The van der Waals surface area contributed by atoms with Crippen LogP contribution in [0.4, 0.5) is 5.82 Å². The van der Waals surface area contributed by atoms with E-state index in [1.165, 1.54) is 6.42 Å². The average Bonchev–Trinajstić information content (AvgIpc) is 2.83. The summed E-state index contributed by atoms with van der Waals surface area (Å²) in [6.45, 7) is 6.90. The van der Waals surface area contributed by atoms with Gasteiger partial charge in [0.15, 0.2) is 5.82 Å². The van der Waals surface area contributed by atoms with E-state index < -0.39 is 0 Å². The van der Waals surface area contributed by atoms with Gasteiger partial charge in [0.05, 0.1) is 0 Å². The van der Waals surface area contributed by atoms with Crippen LogP contribution in [0.15, 0.2) is 17.2 Å². The average molecular weight is 290 g/mol. The highest BCUT2D eigenvalue weighted by molar-refractivity contribution is 5.38. The van der Waals surface area contributed by atoms with Gasteiger partial charge in [0.1, 0.15) is 0 Å². The van der Waals surface area contributed by atoms with Crippen LogP contribution in [0.2, 0.25) is 0 Å². The highest BCUT2D eigenvalue weighted by Gasteiger charge is 2.38. The van der Waals surface area contributed by atoms with Crippen LogP contribution in [-0.4, -0.2) is 28.7 Å². The smallest absolute Gasteiger partial charge is 0.293 e. The van der Waals surface area contributed by atoms with E-state index in [1.54, 1.807) is 17.0 Å². The molecule has 1 aromatic rings. The number of anilines is 1. The standard InChI is InChI=1S/C16H26N4O/c1-11(2)8-19-6-5-18-15(16(19)21)20-9-12-3-4-14(17)7-13(12)10-20/h5-6,11-14H,3-4,7-10,17H2,1-2H3/t12-,13+,14?/m1/s1. The molecule has 0 bridgehead atoms. The Balaban J connectivity index is 1.80. The van der Waals surface area contributed by atoms with E-state index in [9.17, 15) is 4.79 Å². The van der Waals surface area contributed by atoms with Crippen molar-refractivity contribution in [2.45, 2.75) is 45.7 Å². The predicted molar refractivity (Wildman–Crippen MR) is 84.4 cm³/mol. The highest BCUT2D eigenvalue weighted by Crippen LogP contribution is 2.36. The molecule has 1 aliphatic heterocycles. The first-order valence-corrected chi connectivity index (χ1v) is 8.10. The second-order valence-electron chi connectivity index (χ2n) is 7.10. The summed E-state index contributed by atoms with van der Waals surface area (Å²) in [6, 6.07) is 0.340. The van der Waals surface area contributed by atoms with Crippen molar-refractivity contribution in [2.75, 3.05) is 18.0 Å². The van der Waals surface area contributed by atoms with Gasteiger partial charge in [-0.3, -0.25) is 4.79 Å². The van der Waals surface area contributed by atoms with Gasteiger partial charge in [-0.2, -0.15) is 0 Å². The first kappa shape index (κ1) is 14.6. The molecular weight excluding hydrogens is 264 g/mol. The van der Waals surface area contributed by atoms with Gasteiger partial charge in [0.25, 0.3) is 5.56 Å². The second kappa shape index (κ2) is 5.79. The van der Waals surface area contributed by atoms with Crippen LogP contribution in [0, 0.1) is 17.8 Å². The molecule has 5 nitrogen and oxygen atoms in total. The van der Waals surface area contributed by atoms with Crippen LogP contribution in [0.3, 0.4) is 0 Å². The summed E-state index contributed by atoms with van der Waals surface area (Å²) in [6.07, 6.45) is 6.95. The molecular formula is C16H26N4O. The molecule has 1 saturated heterocycles. The summed E-state index contributed by atoms with van der Waals surface area (Å²) in [5, 5.41) is 0. The van der Waals surface area contributed by atoms with Gasteiger partial charge in [-0.25, -0.2) is 4.98 Å². The van der Waals surface area contributed by atoms with Crippen molar-refractivity contribution < 1.29 is 0 Å². The fourth-order valence-electron chi connectivity index (χ4n) is 3.83. The minimum atomic E-state index is 0.0501. The van der Waals surface area contributed by atoms with Gasteiger partial charge in [0, 0.05) is 38.1 Å². The van der Waals surface area contributed by atoms with Gasteiger partial charge in [-0.15, -0.1) is 0 Å². The van der Waals surface area contributed by atoms with Crippen LogP contribution in [0.1, 0.15) is 33.1 Å². The Labute approximate surface area is 126 Å². The Hall–Kier alpha value is -1.36. The summed E-state index contributed by atoms with van der Waals surface area (Å²) in [7, 11) is 0. The molecule has 5 heteroatoms. The van der Waals surface area contributed by atoms with E-state index in [2.05, 4.69) is 23.7 Å². The van der Waals surface area contributed by atoms with Crippen molar-refractivity contribution in [3.05, 3.63) is 22.7 Å². The third-order valence-electron chi connectivity index (χ3n) is 4.85. The quantitative estimate of drug-likeness (QED) is 0.915. The number of nitrogens with two attached hydrogens (primary N) is 1. The summed E-state index contributed by atoms with van der Waals surface area (Å²) in [5.74, 6) is 2.40. The Bertz CT molecular complexity index is 553. The molecule has 0 amide bonds. The van der Waals surface area contributed by atoms with E-state index in [-0.39, 0.29) is 5.56 Å². The van der Waals surface area contributed by atoms with E-state index in [1.807, 2.05) is 0 Å². The van der Waals surface area contributed by atoms with Crippen molar-refractivity contribution in [2.24, 2.45) is 23.5 Å². The lowest BCUT2D eigenvalue weighted by Crippen LogP contribution is -2.33. The number of hydrogen-bond acceptors (Lipinski definition) is 4. The maximum Gasteiger partial charge on any atom is 0.293 e. The first-order valence-electron chi connectivity index (χ1n) is 8.10. The number of fused-ring (bicyclic) bond motifs is 1. The molecule has 0 aromatic carbocycles. The molecule has 3 rings (SSSR count). The Kier molecular flexibility index (Phi) is 4.02. The van der Waals surface area contributed by atoms with Crippen molar-refractivity contribution in [1.82, 2.24) is 9.55 Å². The summed E-state index contributed by atoms with van der Waals surface area (Å²) < 4.78 is 1.79. The molecule has 1 saturated carbocycles. The fourth-order valence-corrected chi connectivity index (χ4v) is 3.83. The van der Waals surface area contributed by atoms with Gasteiger partial charge in [0.2, 0.25) is 0 Å². The van der Waals surface area contributed by atoms with Crippen LogP contribution in [0.25, 0.3) is 0 Å². The molecule has 1 aromatic heterocycles. The molecule has 2 N–H and O–H groups in total. The minimum absolute atomic E-state index is 0.0501. The van der Waals surface area contributed by atoms with Crippen molar-refractivity contribution in [3.8, 4) is 0 Å². The van der Waals surface area contributed by atoms with Gasteiger partial charge >= 0.3 is 0 Å². The maximum atomic E-state index is 12.6. The Morgan fingerprint density at radius 3 is 2.86 bits per heavy atom. The molecule has 0 radical (unpaired) electrons. The topological polar surface area (TPSA) is 64.2 Å². The number of nitrogens with zero attached hydrogens (tertiary/aromatic N) is 3. The Morgan fingerprint density at radius 1 is 1.33 bits per heavy atom. The van der Waals surface area contributed by atoms with Crippen LogP contribution >= 0.6 is 0 Å². The lowest BCUT2D eigenvalue weighted by molar-refractivity contribution is 0.271. The first-order chi connectivity index (χ1) is 10.0. The summed E-state index contributed by atoms with van der Waals surface area (Å²) in [5.41, 5.74) is 6.13. The zero-order chi connectivity index (χ0) is 15.0. The minimum Gasteiger partial charge on any atom is -0.351 e. The van der Waals surface area contributed by atoms with E-state index in [0.717, 1.165) is 32.5 Å². The number of rotatable bonds is 3. The molecule has 2 heterocycles. The molecule has 116 valence electrons. The third-order valence-corrected chi connectivity index (χ3v) is 4.85. The zero-order valence-corrected chi connectivity index (χ0v) is 13.0. The van der Waals surface area contributed by atoms with Crippen molar-refractivity contribution in [3.63, 3.8) is 0 Å². The molecule has 0 spiro atoms. The molecule has 1 unspecified atom stereocenters. The molecule has 1 aliphatic carbocycles. The number of aromatic nitrogens is 2. The van der Waals surface area contributed by atoms with Crippen molar-refractivity contribution >= 4 is 5.82 Å². The van der Waals surface area contributed by atoms with Gasteiger partial charge < -0.3 is 15.2 Å². The SMILES string of the molecule is CC(C)Cn1ccnc(N2C[C@H]3CCC(N)C[C@H]3C2)c1=O. The van der Waals surface area contributed by atoms with Gasteiger partial charge in [-0.05, 0) is 37.0 Å². The number of hydrogen-bond donors (Lipinski definition) is 1. The molecule has 3 atom stereocenters. The molecule has 21 heavy (non-hydrogen) atoms. The lowest BCUT2D eigenvalue weighted by Gasteiger charge is -2.27. The van der Waals surface area contributed by atoms with Gasteiger partial charge in [-0.1, -0.05) is 13.8 Å². The van der Waals surface area contributed by atoms with E-state index >= 15 is 0 Å². The third kappa shape index (κ3) is 2.98. The largest absolute Gasteiger partial charge is 0.351 e. The van der Waals surface area contributed by atoms with Crippen LogP contribution in [0.5, 0.6) is 0 Å². The van der Waals surface area contributed by atoms with Crippen LogP contribution in [-0.2, 0) is 6.54 Å². The molecule has 2 fully saturated rings. The maximum absolute atomic E-state index is 12.6. The Morgan fingerprint density at radius 2 is 2.10 bits per heavy atom. The summed E-state index contributed by atoms with van der Waals surface area (Å²) >= 11 is 0. The monoisotopic (exact) mass is 290 g/mol. The van der Waals surface area contributed by atoms with Crippen LogP contribution < -0.4 is 16.2 Å². The second-order valence-corrected chi connectivity index (χ2v) is 7.10.